The first kappa shape index (κ1) is 16.7. The first-order chi connectivity index (χ1) is 11.7. The molecule has 2 aromatic rings. The van der Waals surface area contributed by atoms with Crippen molar-refractivity contribution in [2.45, 2.75) is 38.5 Å². The molecule has 1 aliphatic carbocycles. The molecule has 0 radical (unpaired) electrons. The summed E-state index contributed by atoms with van der Waals surface area (Å²) in [5.41, 5.74) is 1.03. The van der Waals surface area contributed by atoms with Crippen LogP contribution in [0.25, 0.3) is 0 Å². The second-order valence-corrected chi connectivity index (χ2v) is 6.70. The number of carbonyl (C=O) groups excluding carboxylic acids is 1. The Morgan fingerprint density at radius 2 is 2.17 bits per heavy atom. The van der Waals surface area contributed by atoms with E-state index in [4.69, 9.17) is 9.47 Å². The number of amides is 1. The zero-order valence-corrected chi connectivity index (χ0v) is 14.7. The van der Waals surface area contributed by atoms with Crippen molar-refractivity contribution >= 4 is 22.4 Å². The van der Waals surface area contributed by atoms with E-state index < -0.39 is 0 Å². The predicted molar refractivity (Wildman–Crippen MR) is 93.0 cm³/mol. The fourth-order valence-corrected chi connectivity index (χ4v) is 3.29. The minimum atomic E-state index is -0.0543. The Morgan fingerprint density at radius 3 is 2.88 bits per heavy atom. The first-order valence-corrected chi connectivity index (χ1v) is 8.94. The third-order valence-corrected chi connectivity index (χ3v) is 4.78. The van der Waals surface area contributed by atoms with Gasteiger partial charge in [0.15, 0.2) is 11.5 Å². The second-order valence-electron chi connectivity index (χ2n) is 5.69. The van der Waals surface area contributed by atoms with Crippen molar-refractivity contribution < 1.29 is 14.3 Å². The summed E-state index contributed by atoms with van der Waals surface area (Å²) >= 11 is 1.48. The summed E-state index contributed by atoms with van der Waals surface area (Å²) in [6.07, 6.45) is 3.38. The van der Waals surface area contributed by atoms with Gasteiger partial charge in [-0.05, 0) is 43.9 Å². The zero-order chi connectivity index (χ0) is 16.9. The van der Waals surface area contributed by atoms with Gasteiger partial charge in [0, 0.05) is 12.3 Å². The standard InChI is InChI=1S/C17H21N3O3S/c1-3-23-13-8-4-11(10-14(13)22-2)5-9-15(21)18-17-20-19-16(24-17)12-6-7-12/h4,8,10,12H,3,5-7,9H2,1-2H3,(H,18,20,21). The molecule has 1 amide bonds. The van der Waals surface area contributed by atoms with Gasteiger partial charge in [-0.3, -0.25) is 4.79 Å². The smallest absolute Gasteiger partial charge is 0.226 e. The van der Waals surface area contributed by atoms with E-state index in [0.717, 1.165) is 16.3 Å². The Morgan fingerprint density at radius 1 is 1.33 bits per heavy atom. The number of methoxy groups -OCH3 is 1. The first-order valence-electron chi connectivity index (χ1n) is 8.12. The molecule has 1 aliphatic rings. The van der Waals surface area contributed by atoms with Crippen molar-refractivity contribution in [3.63, 3.8) is 0 Å². The van der Waals surface area contributed by atoms with Gasteiger partial charge in [-0.15, -0.1) is 10.2 Å². The topological polar surface area (TPSA) is 73.3 Å². The third-order valence-electron chi connectivity index (χ3n) is 3.78. The molecule has 24 heavy (non-hydrogen) atoms. The average molecular weight is 347 g/mol. The molecule has 0 bridgehead atoms. The third kappa shape index (κ3) is 4.23. The fraction of sp³-hybridized carbons (Fsp3) is 0.471. The van der Waals surface area contributed by atoms with Crippen LogP contribution in [-0.2, 0) is 11.2 Å². The lowest BCUT2D eigenvalue weighted by Gasteiger charge is -2.10. The van der Waals surface area contributed by atoms with Gasteiger partial charge in [-0.1, -0.05) is 17.4 Å². The molecule has 1 aromatic carbocycles. The van der Waals surface area contributed by atoms with E-state index in [0.29, 0.717) is 36.2 Å². The summed E-state index contributed by atoms with van der Waals surface area (Å²) in [4.78, 5) is 12.1. The number of anilines is 1. The maximum Gasteiger partial charge on any atom is 0.226 e. The number of nitrogens with zero attached hydrogens (tertiary/aromatic N) is 2. The number of hydrogen-bond acceptors (Lipinski definition) is 6. The second kappa shape index (κ2) is 7.61. The number of nitrogens with one attached hydrogen (secondary N) is 1. The maximum atomic E-state index is 12.1. The molecule has 0 atom stereocenters. The predicted octanol–water partition coefficient (Wildman–Crippen LogP) is 3.39. The van der Waals surface area contributed by atoms with Crippen LogP contribution in [0.3, 0.4) is 0 Å². The Balaban J connectivity index is 1.53. The molecule has 1 saturated carbocycles. The van der Waals surface area contributed by atoms with Crippen LogP contribution in [0.4, 0.5) is 5.13 Å². The number of aromatic nitrogens is 2. The molecule has 1 N–H and O–H groups in total. The van der Waals surface area contributed by atoms with E-state index in [1.807, 2.05) is 25.1 Å². The van der Waals surface area contributed by atoms with Crippen LogP contribution in [0.5, 0.6) is 11.5 Å². The SMILES string of the molecule is CCOc1ccc(CCC(=O)Nc2nnc(C3CC3)s2)cc1OC. The molecule has 7 heteroatoms. The van der Waals surface area contributed by atoms with Gasteiger partial charge < -0.3 is 14.8 Å². The van der Waals surface area contributed by atoms with Crippen LogP contribution in [0.15, 0.2) is 18.2 Å². The highest BCUT2D eigenvalue weighted by molar-refractivity contribution is 7.15. The van der Waals surface area contributed by atoms with Gasteiger partial charge in [-0.25, -0.2) is 0 Å². The Labute approximate surface area is 145 Å². The van der Waals surface area contributed by atoms with Crippen molar-refractivity contribution in [1.29, 1.82) is 0 Å². The lowest BCUT2D eigenvalue weighted by Crippen LogP contribution is -2.12. The molecule has 128 valence electrons. The number of aryl methyl sites for hydroxylation is 1. The molecule has 0 aliphatic heterocycles. The molecule has 3 rings (SSSR count). The van der Waals surface area contributed by atoms with Gasteiger partial charge in [0.25, 0.3) is 0 Å². The zero-order valence-electron chi connectivity index (χ0n) is 13.9. The largest absolute Gasteiger partial charge is 0.493 e. The van der Waals surface area contributed by atoms with Crippen LogP contribution in [-0.4, -0.2) is 29.8 Å². The van der Waals surface area contributed by atoms with E-state index in [-0.39, 0.29) is 5.91 Å². The summed E-state index contributed by atoms with van der Waals surface area (Å²) in [6.45, 7) is 2.52. The molecule has 1 heterocycles. The van der Waals surface area contributed by atoms with E-state index in [1.165, 1.54) is 24.2 Å². The van der Waals surface area contributed by atoms with E-state index in [2.05, 4.69) is 15.5 Å². The Bertz CT molecular complexity index is 713. The van der Waals surface area contributed by atoms with Crippen molar-refractivity contribution in [2.75, 3.05) is 19.0 Å². The number of hydrogen-bond donors (Lipinski definition) is 1. The molecule has 1 aromatic heterocycles. The number of benzene rings is 1. The minimum absolute atomic E-state index is 0.0543. The molecule has 1 fully saturated rings. The summed E-state index contributed by atoms with van der Waals surface area (Å²) in [6, 6.07) is 5.74. The normalized spacial score (nSPS) is 13.6. The lowest BCUT2D eigenvalue weighted by molar-refractivity contribution is -0.116. The van der Waals surface area contributed by atoms with Gasteiger partial charge in [-0.2, -0.15) is 0 Å². The van der Waals surface area contributed by atoms with E-state index in [1.54, 1.807) is 7.11 Å². The molecular weight excluding hydrogens is 326 g/mol. The van der Waals surface area contributed by atoms with E-state index in [9.17, 15) is 4.79 Å². The number of rotatable bonds is 8. The van der Waals surface area contributed by atoms with Gasteiger partial charge in [0.2, 0.25) is 11.0 Å². The monoisotopic (exact) mass is 347 g/mol. The Kier molecular flexibility index (Phi) is 5.30. The van der Waals surface area contributed by atoms with Crippen LogP contribution in [0.2, 0.25) is 0 Å². The van der Waals surface area contributed by atoms with Crippen LogP contribution < -0.4 is 14.8 Å². The highest BCUT2D eigenvalue weighted by atomic mass is 32.1. The average Bonchev–Trinajstić information content (AvgIpc) is 3.34. The van der Waals surface area contributed by atoms with Crippen LogP contribution >= 0.6 is 11.3 Å². The van der Waals surface area contributed by atoms with Crippen molar-refractivity contribution in [3.8, 4) is 11.5 Å². The molecule has 0 unspecified atom stereocenters. The molecule has 0 spiro atoms. The summed E-state index contributed by atoms with van der Waals surface area (Å²) in [5.74, 6) is 1.91. The Hall–Kier alpha value is -2.15. The summed E-state index contributed by atoms with van der Waals surface area (Å²) in [7, 11) is 1.61. The van der Waals surface area contributed by atoms with Crippen molar-refractivity contribution in [3.05, 3.63) is 28.8 Å². The van der Waals surface area contributed by atoms with Gasteiger partial charge in [0.05, 0.1) is 13.7 Å². The maximum absolute atomic E-state index is 12.1. The van der Waals surface area contributed by atoms with Crippen LogP contribution in [0, 0.1) is 0 Å². The molecular formula is C17H21N3O3S. The highest BCUT2D eigenvalue weighted by Crippen LogP contribution is 2.42. The summed E-state index contributed by atoms with van der Waals surface area (Å²) in [5, 5.41) is 12.6. The minimum Gasteiger partial charge on any atom is -0.493 e. The molecule has 0 saturated heterocycles. The van der Waals surface area contributed by atoms with Crippen molar-refractivity contribution in [1.82, 2.24) is 10.2 Å². The fourth-order valence-electron chi connectivity index (χ4n) is 2.36. The highest BCUT2D eigenvalue weighted by Gasteiger charge is 2.27. The van der Waals surface area contributed by atoms with Gasteiger partial charge in [0.1, 0.15) is 5.01 Å². The quantitative estimate of drug-likeness (QED) is 0.792. The van der Waals surface area contributed by atoms with Crippen molar-refractivity contribution in [2.24, 2.45) is 0 Å². The number of ether oxygens (including phenoxy) is 2. The van der Waals surface area contributed by atoms with Crippen LogP contribution in [0.1, 0.15) is 42.7 Å². The number of carbonyl (C=O) groups is 1. The van der Waals surface area contributed by atoms with Gasteiger partial charge >= 0.3 is 0 Å². The summed E-state index contributed by atoms with van der Waals surface area (Å²) < 4.78 is 10.8. The van der Waals surface area contributed by atoms with E-state index >= 15 is 0 Å². The lowest BCUT2D eigenvalue weighted by atomic mass is 10.1. The molecule has 6 nitrogen and oxygen atoms in total.